The van der Waals surface area contributed by atoms with Gasteiger partial charge < -0.3 is 14.8 Å². The number of hydrogen-bond donors (Lipinski definition) is 1. The van der Waals surface area contributed by atoms with Crippen LogP contribution in [0.1, 0.15) is 20.8 Å². The molecule has 0 aliphatic heterocycles. The summed E-state index contributed by atoms with van der Waals surface area (Å²) in [6, 6.07) is 0.594. The van der Waals surface area contributed by atoms with Crippen molar-refractivity contribution in [2.45, 2.75) is 33.4 Å². The highest BCUT2D eigenvalue weighted by Gasteiger charge is 2.05. The number of nitrogens with one attached hydrogen (secondary N) is 1. The average molecular weight is 210 g/mol. The first kappa shape index (κ1) is 12.0. The molecule has 4 nitrogen and oxygen atoms in total. The molecule has 0 radical (unpaired) electrons. The van der Waals surface area contributed by atoms with Gasteiger partial charge in [0.1, 0.15) is 0 Å². The molecule has 1 aromatic rings. The molecule has 15 heavy (non-hydrogen) atoms. The van der Waals surface area contributed by atoms with Crippen molar-refractivity contribution in [2.75, 3.05) is 25.5 Å². The Morgan fingerprint density at radius 3 is 2.87 bits per heavy atom. The zero-order valence-corrected chi connectivity index (χ0v) is 10.2. The second-order valence-electron chi connectivity index (χ2n) is 4.05. The lowest BCUT2D eigenvalue weighted by molar-refractivity contribution is 0.263. The van der Waals surface area contributed by atoms with E-state index in [1.165, 1.54) is 0 Å². The molecule has 4 heteroatoms. The molecule has 0 atom stereocenters. The third-order valence-corrected chi connectivity index (χ3v) is 2.63. The summed E-state index contributed by atoms with van der Waals surface area (Å²) in [7, 11) is 2.15. The first-order valence-electron chi connectivity index (χ1n) is 5.60. The molecule has 0 aromatic carbocycles. The van der Waals surface area contributed by atoms with E-state index in [0.29, 0.717) is 6.04 Å². The minimum absolute atomic E-state index is 0.594. The fraction of sp³-hybridized carbons (Fsp3) is 0.727. The third kappa shape index (κ3) is 3.55. The van der Waals surface area contributed by atoms with Gasteiger partial charge in [-0.05, 0) is 27.8 Å². The van der Waals surface area contributed by atoms with Crippen molar-refractivity contribution in [1.29, 1.82) is 0 Å². The fourth-order valence-electron chi connectivity index (χ4n) is 1.34. The van der Waals surface area contributed by atoms with E-state index in [1.54, 1.807) is 0 Å². The summed E-state index contributed by atoms with van der Waals surface area (Å²) in [5.74, 6) is 0.967. The Morgan fingerprint density at radius 2 is 2.27 bits per heavy atom. The molecule has 0 aliphatic carbocycles. The molecule has 0 fully saturated rings. The van der Waals surface area contributed by atoms with Gasteiger partial charge in [0, 0.05) is 38.1 Å². The fourth-order valence-corrected chi connectivity index (χ4v) is 1.34. The van der Waals surface area contributed by atoms with E-state index in [9.17, 15) is 0 Å². The Labute approximate surface area is 92.3 Å². The SMILES string of the molecule is CCNc1nccn1CCN(C)C(C)C. The summed E-state index contributed by atoms with van der Waals surface area (Å²) >= 11 is 0. The van der Waals surface area contributed by atoms with Gasteiger partial charge in [0.25, 0.3) is 0 Å². The van der Waals surface area contributed by atoms with Crippen LogP contribution in [0.15, 0.2) is 12.4 Å². The second kappa shape index (κ2) is 5.75. The van der Waals surface area contributed by atoms with Crippen LogP contribution in [-0.2, 0) is 6.54 Å². The zero-order chi connectivity index (χ0) is 11.3. The molecule has 0 aliphatic rings. The summed E-state index contributed by atoms with van der Waals surface area (Å²) in [5.41, 5.74) is 0. The van der Waals surface area contributed by atoms with Crippen LogP contribution >= 0.6 is 0 Å². The lowest BCUT2D eigenvalue weighted by atomic mass is 10.3. The molecule has 0 saturated carbocycles. The van der Waals surface area contributed by atoms with Crippen LogP contribution < -0.4 is 5.32 Å². The maximum atomic E-state index is 4.26. The van der Waals surface area contributed by atoms with Crippen LogP contribution in [0.3, 0.4) is 0 Å². The molecule has 1 heterocycles. The zero-order valence-electron chi connectivity index (χ0n) is 10.2. The molecular formula is C11H22N4. The maximum Gasteiger partial charge on any atom is 0.202 e. The van der Waals surface area contributed by atoms with Crippen LogP contribution in [0.25, 0.3) is 0 Å². The Hall–Kier alpha value is -1.03. The van der Waals surface area contributed by atoms with Crippen LogP contribution in [0.4, 0.5) is 5.95 Å². The van der Waals surface area contributed by atoms with Crippen LogP contribution in [-0.4, -0.2) is 40.6 Å². The summed E-state index contributed by atoms with van der Waals surface area (Å²) in [6.45, 7) is 9.44. The average Bonchev–Trinajstić information content (AvgIpc) is 2.62. The highest BCUT2D eigenvalue weighted by Crippen LogP contribution is 2.04. The molecule has 0 spiro atoms. The van der Waals surface area contributed by atoms with E-state index in [-0.39, 0.29) is 0 Å². The molecule has 0 bridgehead atoms. The number of hydrogen-bond acceptors (Lipinski definition) is 3. The van der Waals surface area contributed by atoms with Gasteiger partial charge in [0.15, 0.2) is 0 Å². The smallest absolute Gasteiger partial charge is 0.202 e. The van der Waals surface area contributed by atoms with Crippen LogP contribution in [0.2, 0.25) is 0 Å². The summed E-state index contributed by atoms with van der Waals surface area (Å²) in [4.78, 5) is 6.59. The topological polar surface area (TPSA) is 33.1 Å². The van der Waals surface area contributed by atoms with Gasteiger partial charge in [-0.2, -0.15) is 0 Å². The number of nitrogens with zero attached hydrogens (tertiary/aromatic N) is 3. The quantitative estimate of drug-likeness (QED) is 0.775. The van der Waals surface area contributed by atoms with Gasteiger partial charge in [0.2, 0.25) is 5.95 Å². The third-order valence-electron chi connectivity index (χ3n) is 2.63. The molecule has 1 aromatic heterocycles. The van der Waals surface area contributed by atoms with Gasteiger partial charge in [-0.25, -0.2) is 4.98 Å². The number of rotatable bonds is 6. The largest absolute Gasteiger partial charge is 0.356 e. The Morgan fingerprint density at radius 1 is 1.53 bits per heavy atom. The number of aromatic nitrogens is 2. The van der Waals surface area contributed by atoms with Crippen LogP contribution in [0, 0.1) is 0 Å². The Balaban J connectivity index is 2.46. The first-order chi connectivity index (χ1) is 7.15. The van der Waals surface area contributed by atoms with Crippen molar-refractivity contribution < 1.29 is 0 Å². The van der Waals surface area contributed by atoms with Gasteiger partial charge in [-0.15, -0.1) is 0 Å². The molecule has 0 unspecified atom stereocenters. The minimum Gasteiger partial charge on any atom is -0.356 e. The van der Waals surface area contributed by atoms with E-state index in [4.69, 9.17) is 0 Å². The molecule has 86 valence electrons. The minimum atomic E-state index is 0.594. The van der Waals surface area contributed by atoms with Crippen molar-refractivity contribution in [3.05, 3.63) is 12.4 Å². The van der Waals surface area contributed by atoms with Crippen LogP contribution in [0.5, 0.6) is 0 Å². The van der Waals surface area contributed by atoms with Crippen molar-refractivity contribution in [3.8, 4) is 0 Å². The molecule has 1 N–H and O–H groups in total. The van der Waals surface area contributed by atoms with E-state index in [0.717, 1.165) is 25.6 Å². The molecule has 0 amide bonds. The van der Waals surface area contributed by atoms with Gasteiger partial charge >= 0.3 is 0 Å². The van der Waals surface area contributed by atoms with Crippen molar-refractivity contribution in [3.63, 3.8) is 0 Å². The van der Waals surface area contributed by atoms with E-state index >= 15 is 0 Å². The van der Waals surface area contributed by atoms with Gasteiger partial charge in [-0.1, -0.05) is 0 Å². The molecular weight excluding hydrogens is 188 g/mol. The van der Waals surface area contributed by atoms with E-state index in [2.05, 4.69) is 47.6 Å². The predicted molar refractivity (Wildman–Crippen MR) is 64.2 cm³/mol. The maximum absolute atomic E-state index is 4.26. The number of imidazole rings is 1. The lowest BCUT2D eigenvalue weighted by Crippen LogP contribution is -2.29. The van der Waals surface area contributed by atoms with Crippen molar-refractivity contribution in [2.24, 2.45) is 0 Å². The molecule has 0 saturated heterocycles. The van der Waals surface area contributed by atoms with Gasteiger partial charge in [0.05, 0.1) is 0 Å². The Bertz CT molecular complexity index is 280. The highest BCUT2D eigenvalue weighted by molar-refractivity contribution is 5.25. The predicted octanol–water partition coefficient (Wildman–Crippen LogP) is 1.66. The summed E-state index contributed by atoms with van der Waals surface area (Å²) < 4.78 is 2.16. The summed E-state index contributed by atoms with van der Waals surface area (Å²) in [5, 5.41) is 3.24. The van der Waals surface area contributed by atoms with E-state index < -0.39 is 0 Å². The monoisotopic (exact) mass is 210 g/mol. The van der Waals surface area contributed by atoms with E-state index in [1.807, 2.05) is 12.4 Å². The number of likely N-dealkylation sites (N-methyl/N-ethyl adjacent to an activating group) is 1. The standard InChI is InChI=1S/C11H22N4/c1-5-12-11-13-6-7-15(11)9-8-14(4)10(2)3/h6-7,10H,5,8-9H2,1-4H3,(H,12,13). The highest BCUT2D eigenvalue weighted by atomic mass is 15.2. The normalized spacial score (nSPS) is 11.3. The second-order valence-corrected chi connectivity index (χ2v) is 4.05. The lowest BCUT2D eigenvalue weighted by Gasteiger charge is -2.21. The first-order valence-corrected chi connectivity index (χ1v) is 5.60. The summed E-state index contributed by atoms with van der Waals surface area (Å²) in [6.07, 6.45) is 3.86. The number of anilines is 1. The Kier molecular flexibility index (Phi) is 4.62. The van der Waals surface area contributed by atoms with Crippen molar-refractivity contribution >= 4 is 5.95 Å². The molecule has 1 rings (SSSR count). The van der Waals surface area contributed by atoms with Gasteiger partial charge in [-0.3, -0.25) is 0 Å². The van der Waals surface area contributed by atoms with Crippen molar-refractivity contribution in [1.82, 2.24) is 14.5 Å².